The van der Waals surface area contributed by atoms with E-state index in [2.05, 4.69) is 182 Å². The molecule has 0 aliphatic carbocycles. The molecule has 0 unspecified atom stereocenters. The largest absolute Gasteiger partial charge is 1.00 e. The summed E-state index contributed by atoms with van der Waals surface area (Å²) in [6.45, 7) is 0. The third kappa shape index (κ3) is 8.64. The predicted molar refractivity (Wildman–Crippen MR) is 208 cm³/mol. The summed E-state index contributed by atoms with van der Waals surface area (Å²) in [5.74, 6) is 0. The Bertz CT molecular complexity index is 1390. The highest BCUT2D eigenvalue weighted by atomic mass is 79.9. The topological polar surface area (TPSA) is 0 Å². The van der Waals surface area contributed by atoms with E-state index in [4.69, 9.17) is 0 Å². The van der Waals surface area contributed by atoms with Gasteiger partial charge in [-0.2, -0.15) is 0 Å². The molecular formula is C44H46Br2P2. The first-order valence-corrected chi connectivity index (χ1v) is 20.9. The van der Waals surface area contributed by atoms with Gasteiger partial charge in [0.05, 0.1) is 12.3 Å². The van der Waals surface area contributed by atoms with E-state index in [1.165, 1.54) is 82.7 Å². The second kappa shape index (κ2) is 19.4. The molecule has 0 heterocycles. The maximum atomic E-state index is 2.37. The summed E-state index contributed by atoms with van der Waals surface area (Å²) in [7, 11) is -3.47. The van der Waals surface area contributed by atoms with Crippen LogP contribution in [0.5, 0.6) is 0 Å². The molecule has 0 saturated heterocycles. The molecule has 0 fully saturated rings. The van der Waals surface area contributed by atoms with E-state index in [1.807, 2.05) is 0 Å². The highest BCUT2D eigenvalue weighted by molar-refractivity contribution is 7.96. The van der Waals surface area contributed by atoms with E-state index < -0.39 is 14.5 Å². The van der Waals surface area contributed by atoms with Crippen LogP contribution >= 0.6 is 14.5 Å². The third-order valence-corrected chi connectivity index (χ3v) is 18.5. The Labute approximate surface area is 311 Å². The van der Waals surface area contributed by atoms with Crippen LogP contribution in [0.3, 0.4) is 0 Å². The molecule has 48 heavy (non-hydrogen) atoms. The SMILES string of the molecule is [Br-].[Br-].c1ccc([P+](CCCCCCCC[P+](c2ccccc2)(c2ccccc2)c2ccccc2)(c2ccccc2)c2ccccc2)cc1. The molecule has 4 heteroatoms. The van der Waals surface area contributed by atoms with Crippen LogP contribution in [-0.4, -0.2) is 12.3 Å². The quantitative estimate of drug-likeness (QED) is 0.111. The van der Waals surface area contributed by atoms with Crippen LogP contribution in [0.25, 0.3) is 0 Å². The minimum absolute atomic E-state index is 0. The number of hydrogen-bond acceptors (Lipinski definition) is 0. The van der Waals surface area contributed by atoms with Crippen molar-refractivity contribution in [3.8, 4) is 0 Å². The average molecular weight is 797 g/mol. The first kappa shape index (κ1) is 38.0. The second-order valence-electron chi connectivity index (χ2n) is 12.2. The minimum atomic E-state index is -1.73. The zero-order valence-corrected chi connectivity index (χ0v) is 32.6. The molecule has 0 aromatic heterocycles. The van der Waals surface area contributed by atoms with E-state index in [0.717, 1.165) is 0 Å². The summed E-state index contributed by atoms with van der Waals surface area (Å²) in [6.07, 6.45) is 10.1. The molecule has 6 aromatic carbocycles. The van der Waals surface area contributed by atoms with Gasteiger partial charge in [0.15, 0.2) is 0 Å². The standard InChI is InChI=1S/C44H46P2.2BrH/c1(3-23-37-45(39-25-11-5-12-26-39,40-27-13-6-14-28-40)41-29-15-7-16-30-41)2-4-24-38-46(42-31-17-8-18-32-42,43-33-19-9-20-34-43)44-35-21-10-22-36-44;;/h5-22,25-36H,1-4,23-24,37-38H2;2*1H/q+2;;/p-2. The van der Waals surface area contributed by atoms with Crippen LogP contribution in [0, 0.1) is 0 Å². The maximum Gasteiger partial charge on any atom is 0.112 e. The second-order valence-corrected chi connectivity index (χ2v) is 19.4. The highest BCUT2D eigenvalue weighted by Gasteiger charge is 2.45. The zero-order chi connectivity index (χ0) is 31.3. The number of rotatable bonds is 15. The van der Waals surface area contributed by atoms with E-state index in [0.29, 0.717) is 0 Å². The maximum absolute atomic E-state index is 2.37. The van der Waals surface area contributed by atoms with Gasteiger partial charge in [0.25, 0.3) is 0 Å². The zero-order valence-electron chi connectivity index (χ0n) is 27.6. The lowest BCUT2D eigenvalue weighted by Gasteiger charge is -2.28. The number of benzene rings is 6. The van der Waals surface area contributed by atoms with Crippen LogP contribution in [0.2, 0.25) is 0 Å². The Kier molecular flexibility index (Phi) is 15.3. The summed E-state index contributed by atoms with van der Waals surface area (Å²) < 4.78 is 0. The third-order valence-electron chi connectivity index (χ3n) is 9.42. The molecule has 0 aliphatic heterocycles. The summed E-state index contributed by atoms with van der Waals surface area (Å²) in [4.78, 5) is 0. The van der Waals surface area contributed by atoms with Gasteiger partial charge >= 0.3 is 0 Å². The van der Waals surface area contributed by atoms with E-state index in [-0.39, 0.29) is 34.0 Å². The van der Waals surface area contributed by atoms with Crippen LogP contribution < -0.4 is 65.8 Å². The van der Waals surface area contributed by atoms with Gasteiger partial charge in [-0.15, -0.1) is 0 Å². The first-order valence-electron chi connectivity index (χ1n) is 16.9. The van der Waals surface area contributed by atoms with Gasteiger partial charge in [-0.3, -0.25) is 0 Å². The van der Waals surface area contributed by atoms with E-state index in [1.54, 1.807) is 0 Å². The van der Waals surface area contributed by atoms with Crippen molar-refractivity contribution in [2.45, 2.75) is 38.5 Å². The number of unbranched alkanes of at least 4 members (excludes halogenated alkanes) is 5. The van der Waals surface area contributed by atoms with Crippen molar-refractivity contribution < 1.29 is 34.0 Å². The van der Waals surface area contributed by atoms with Gasteiger partial charge in [0.1, 0.15) is 46.4 Å². The summed E-state index contributed by atoms with van der Waals surface area (Å²) in [5.41, 5.74) is 0. The van der Waals surface area contributed by atoms with Crippen molar-refractivity contribution in [3.63, 3.8) is 0 Å². The molecule has 246 valence electrons. The molecule has 0 amide bonds. The Balaban J connectivity index is 0.00000260. The lowest BCUT2D eigenvalue weighted by molar-refractivity contribution is -0.00100. The van der Waals surface area contributed by atoms with Crippen LogP contribution in [0.4, 0.5) is 0 Å². The predicted octanol–water partition coefficient (Wildman–Crippen LogP) is 3.32. The summed E-state index contributed by atoms with van der Waals surface area (Å²) >= 11 is 0. The summed E-state index contributed by atoms with van der Waals surface area (Å²) in [6, 6.07) is 68.0. The molecule has 0 N–H and O–H groups in total. The van der Waals surface area contributed by atoms with Crippen molar-refractivity contribution >= 4 is 46.4 Å². The van der Waals surface area contributed by atoms with Crippen molar-refractivity contribution in [2.75, 3.05) is 12.3 Å². The van der Waals surface area contributed by atoms with Crippen LogP contribution in [0.15, 0.2) is 182 Å². The van der Waals surface area contributed by atoms with Crippen molar-refractivity contribution in [1.82, 2.24) is 0 Å². The summed E-state index contributed by atoms with van der Waals surface area (Å²) in [5, 5.41) is 8.97. The molecule has 0 atom stereocenters. The number of hydrogen-bond donors (Lipinski definition) is 0. The Hall–Kier alpha value is -2.86. The van der Waals surface area contributed by atoms with Gasteiger partial charge in [-0.25, -0.2) is 0 Å². The van der Waals surface area contributed by atoms with Gasteiger partial charge < -0.3 is 34.0 Å². The fourth-order valence-electron chi connectivity index (χ4n) is 7.17. The molecule has 6 rings (SSSR count). The Morgan fingerprint density at radius 3 is 0.583 bits per heavy atom. The van der Waals surface area contributed by atoms with Crippen LogP contribution in [0.1, 0.15) is 38.5 Å². The molecule has 0 nitrogen and oxygen atoms in total. The smallest absolute Gasteiger partial charge is 0.112 e. The molecule has 0 saturated carbocycles. The monoisotopic (exact) mass is 794 g/mol. The van der Waals surface area contributed by atoms with Crippen LogP contribution in [-0.2, 0) is 0 Å². The molecule has 0 aliphatic rings. The fourth-order valence-corrected chi connectivity index (χ4v) is 16.0. The van der Waals surface area contributed by atoms with E-state index in [9.17, 15) is 0 Å². The van der Waals surface area contributed by atoms with Crippen molar-refractivity contribution in [1.29, 1.82) is 0 Å². The molecule has 0 radical (unpaired) electrons. The van der Waals surface area contributed by atoms with Gasteiger partial charge in [-0.05, 0) is 98.5 Å². The normalized spacial score (nSPS) is 11.2. The lowest BCUT2D eigenvalue weighted by Crippen LogP contribution is -3.00. The number of halogens is 2. The molecular weight excluding hydrogens is 750 g/mol. The molecule has 0 spiro atoms. The molecule has 6 aromatic rings. The average Bonchev–Trinajstić information content (AvgIpc) is 3.15. The van der Waals surface area contributed by atoms with Crippen molar-refractivity contribution in [3.05, 3.63) is 182 Å². The van der Waals surface area contributed by atoms with E-state index >= 15 is 0 Å². The van der Waals surface area contributed by atoms with Gasteiger partial charge in [0, 0.05) is 0 Å². The Morgan fingerprint density at radius 1 is 0.229 bits per heavy atom. The first-order chi connectivity index (χ1) is 22.8. The lowest BCUT2D eigenvalue weighted by atomic mass is 10.1. The molecule has 0 bridgehead atoms. The highest BCUT2D eigenvalue weighted by Crippen LogP contribution is 2.57. The minimum Gasteiger partial charge on any atom is -1.00 e. The fraction of sp³-hybridized carbons (Fsp3) is 0.182. The van der Waals surface area contributed by atoms with Gasteiger partial charge in [-0.1, -0.05) is 122 Å². The van der Waals surface area contributed by atoms with Gasteiger partial charge in [0.2, 0.25) is 0 Å². The Morgan fingerprint density at radius 2 is 0.396 bits per heavy atom. The van der Waals surface area contributed by atoms with Crippen molar-refractivity contribution in [2.24, 2.45) is 0 Å².